The van der Waals surface area contributed by atoms with Gasteiger partial charge in [-0.15, -0.1) is 0 Å². The Hall–Kier alpha value is -3.98. The number of likely N-dealkylation sites (N-methyl/N-ethyl adjacent to an activating group) is 1. The minimum absolute atomic E-state index is 0.0553. The van der Waals surface area contributed by atoms with Crippen LogP contribution in [0.25, 0.3) is 5.69 Å². The fourth-order valence-electron chi connectivity index (χ4n) is 3.89. The molecule has 1 aromatic heterocycles. The predicted octanol–water partition coefficient (Wildman–Crippen LogP) is 1.74. The van der Waals surface area contributed by atoms with E-state index >= 15 is 0 Å². The molecule has 0 saturated carbocycles. The van der Waals surface area contributed by atoms with E-state index in [0.717, 1.165) is 5.69 Å². The average molecular weight is 463 g/mol. The van der Waals surface area contributed by atoms with Crippen molar-refractivity contribution < 1.29 is 24.2 Å². The number of ketones is 1. The van der Waals surface area contributed by atoms with E-state index in [1.807, 2.05) is 0 Å². The quantitative estimate of drug-likeness (QED) is 0.553. The summed E-state index contributed by atoms with van der Waals surface area (Å²) >= 11 is 0. The Morgan fingerprint density at radius 1 is 1.24 bits per heavy atom. The summed E-state index contributed by atoms with van der Waals surface area (Å²) in [5.74, 6) is -0.992. The van der Waals surface area contributed by atoms with E-state index in [2.05, 4.69) is 10.4 Å². The highest BCUT2D eigenvalue weighted by molar-refractivity contribution is 6.00. The minimum Gasteiger partial charge on any atom is -0.508 e. The largest absolute Gasteiger partial charge is 0.508 e. The fourth-order valence-corrected chi connectivity index (χ4v) is 3.89. The normalized spacial score (nSPS) is 18.5. The summed E-state index contributed by atoms with van der Waals surface area (Å²) in [5.41, 5.74) is 0.727. The molecule has 9 heteroatoms. The van der Waals surface area contributed by atoms with Gasteiger partial charge in [0.15, 0.2) is 5.78 Å². The highest BCUT2D eigenvalue weighted by atomic mass is 16.5. The Morgan fingerprint density at radius 3 is 2.62 bits per heavy atom. The van der Waals surface area contributed by atoms with Crippen molar-refractivity contribution in [1.82, 2.24) is 20.0 Å². The summed E-state index contributed by atoms with van der Waals surface area (Å²) in [6.07, 6.45) is 3.60. The first-order valence-electron chi connectivity index (χ1n) is 10.9. The number of hydrogen-bond acceptors (Lipinski definition) is 6. The smallest absolute Gasteiger partial charge is 0.251 e. The number of aromatic nitrogens is 2. The van der Waals surface area contributed by atoms with E-state index in [0.29, 0.717) is 11.1 Å². The summed E-state index contributed by atoms with van der Waals surface area (Å²) < 4.78 is 6.95. The lowest BCUT2D eigenvalue weighted by molar-refractivity contribution is -0.142. The standard InChI is InChI=1S/C25H26N4O5/c1-25(16-34-15-22(25)31)28(2)24(33)21(14-17-5-3-6-20(30)13-17)27-23(32)18-7-9-19(10-8-18)29-12-4-11-26-29/h3-13,21,30H,14-16H2,1-2H3,(H,27,32). The SMILES string of the molecule is CN(C(=O)C(Cc1cccc(O)c1)NC(=O)c1ccc(-n2cccn2)cc1)C1(C)COCC1=O. The Morgan fingerprint density at radius 2 is 2.00 bits per heavy atom. The summed E-state index contributed by atoms with van der Waals surface area (Å²) in [6.45, 7) is 1.69. The molecular weight excluding hydrogens is 436 g/mol. The molecule has 0 bridgehead atoms. The molecule has 1 saturated heterocycles. The van der Waals surface area contributed by atoms with Gasteiger partial charge in [-0.2, -0.15) is 5.10 Å². The van der Waals surface area contributed by atoms with Gasteiger partial charge in [-0.1, -0.05) is 12.1 Å². The van der Waals surface area contributed by atoms with Gasteiger partial charge < -0.3 is 20.1 Å². The van der Waals surface area contributed by atoms with Gasteiger partial charge >= 0.3 is 0 Å². The molecule has 9 nitrogen and oxygen atoms in total. The number of aromatic hydroxyl groups is 1. The zero-order valence-electron chi connectivity index (χ0n) is 19.0. The second-order valence-electron chi connectivity index (χ2n) is 8.48. The zero-order valence-corrected chi connectivity index (χ0v) is 19.0. The molecule has 1 fully saturated rings. The number of nitrogens with one attached hydrogen (secondary N) is 1. The number of nitrogens with zero attached hydrogens (tertiary/aromatic N) is 3. The third kappa shape index (κ3) is 4.69. The monoisotopic (exact) mass is 462 g/mol. The van der Waals surface area contributed by atoms with Crippen LogP contribution in [0.1, 0.15) is 22.8 Å². The molecule has 1 aliphatic rings. The first-order valence-corrected chi connectivity index (χ1v) is 10.9. The Labute approximate surface area is 196 Å². The predicted molar refractivity (Wildman–Crippen MR) is 124 cm³/mol. The number of hydrogen-bond donors (Lipinski definition) is 2. The maximum atomic E-state index is 13.5. The van der Waals surface area contributed by atoms with Gasteiger partial charge in [0.1, 0.15) is 23.9 Å². The van der Waals surface area contributed by atoms with Crippen molar-refractivity contribution in [3.63, 3.8) is 0 Å². The van der Waals surface area contributed by atoms with Crippen LogP contribution in [0.4, 0.5) is 0 Å². The molecule has 2 heterocycles. The van der Waals surface area contributed by atoms with Crippen LogP contribution >= 0.6 is 0 Å². The summed E-state index contributed by atoms with van der Waals surface area (Å²) in [7, 11) is 1.54. The molecule has 0 radical (unpaired) electrons. The molecule has 2 unspecified atom stereocenters. The second kappa shape index (κ2) is 9.48. The summed E-state index contributed by atoms with van der Waals surface area (Å²) in [5, 5.41) is 16.8. The first kappa shape index (κ1) is 23.2. The lowest BCUT2D eigenvalue weighted by atomic mass is 9.95. The van der Waals surface area contributed by atoms with Crippen molar-refractivity contribution in [3.05, 3.63) is 78.1 Å². The number of phenolic OH excluding ortho intramolecular Hbond substituents is 1. The fraction of sp³-hybridized carbons (Fsp3) is 0.280. The zero-order chi connectivity index (χ0) is 24.3. The molecule has 3 aromatic rings. The number of benzene rings is 2. The number of Topliss-reactive ketones (excluding diaryl/α,β-unsaturated/α-hetero) is 1. The van der Waals surface area contributed by atoms with Crippen molar-refractivity contribution in [2.75, 3.05) is 20.3 Å². The third-order valence-electron chi connectivity index (χ3n) is 6.14. The van der Waals surface area contributed by atoms with Gasteiger partial charge in [0.25, 0.3) is 5.91 Å². The molecule has 176 valence electrons. The van der Waals surface area contributed by atoms with E-state index in [4.69, 9.17) is 4.74 Å². The van der Waals surface area contributed by atoms with Crippen molar-refractivity contribution in [2.45, 2.75) is 24.9 Å². The Balaban J connectivity index is 1.56. The lowest BCUT2D eigenvalue weighted by Crippen LogP contribution is -2.58. The van der Waals surface area contributed by atoms with E-state index in [-0.39, 0.29) is 31.2 Å². The van der Waals surface area contributed by atoms with Gasteiger partial charge in [0.2, 0.25) is 5.91 Å². The van der Waals surface area contributed by atoms with Crippen LogP contribution in [-0.4, -0.2) is 69.2 Å². The van der Waals surface area contributed by atoms with Gasteiger partial charge in [0, 0.05) is 31.4 Å². The second-order valence-corrected chi connectivity index (χ2v) is 8.48. The van der Waals surface area contributed by atoms with E-state index in [1.54, 1.807) is 66.5 Å². The first-order chi connectivity index (χ1) is 16.3. The van der Waals surface area contributed by atoms with Crippen LogP contribution in [0.2, 0.25) is 0 Å². The van der Waals surface area contributed by atoms with Crippen molar-refractivity contribution in [1.29, 1.82) is 0 Å². The van der Waals surface area contributed by atoms with E-state index < -0.39 is 23.4 Å². The minimum atomic E-state index is -1.11. The molecule has 2 atom stereocenters. The highest BCUT2D eigenvalue weighted by Gasteiger charge is 2.45. The highest BCUT2D eigenvalue weighted by Crippen LogP contribution is 2.23. The number of amides is 2. The molecular formula is C25H26N4O5. The van der Waals surface area contributed by atoms with Gasteiger partial charge in [-0.25, -0.2) is 4.68 Å². The van der Waals surface area contributed by atoms with Crippen molar-refractivity contribution in [2.24, 2.45) is 0 Å². The van der Waals surface area contributed by atoms with Crippen LogP contribution in [0.15, 0.2) is 67.0 Å². The molecule has 2 N–H and O–H groups in total. The van der Waals surface area contributed by atoms with Crippen LogP contribution in [0.3, 0.4) is 0 Å². The number of phenols is 1. The summed E-state index contributed by atoms with van der Waals surface area (Å²) in [4.78, 5) is 40.3. The van der Waals surface area contributed by atoms with Crippen molar-refractivity contribution in [3.8, 4) is 11.4 Å². The van der Waals surface area contributed by atoms with Gasteiger partial charge in [-0.3, -0.25) is 14.4 Å². The maximum Gasteiger partial charge on any atom is 0.251 e. The molecule has 4 rings (SSSR count). The van der Waals surface area contributed by atoms with Crippen molar-refractivity contribution >= 4 is 17.6 Å². The average Bonchev–Trinajstić information content (AvgIpc) is 3.48. The maximum absolute atomic E-state index is 13.5. The Bertz CT molecular complexity index is 1190. The Kier molecular flexibility index (Phi) is 6.47. The topological polar surface area (TPSA) is 114 Å². The molecule has 0 aliphatic carbocycles. The molecule has 0 spiro atoms. The van der Waals surface area contributed by atoms with Crippen LogP contribution < -0.4 is 5.32 Å². The lowest BCUT2D eigenvalue weighted by Gasteiger charge is -2.35. The third-order valence-corrected chi connectivity index (χ3v) is 6.14. The van der Waals surface area contributed by atoms with E-state index in [9.17, 15) is 19.5 Å². The molecule has 2 amide bonds. The molecule has 34 heavy (non-hydrogen) atoms. The summed E-state index contributed by atoms with van der Waals surface area (Å²) in [6, 6.07) is 14.2. The molecule has 1 aliphatic heterocycles. The van der Waals surface area contributed by atoms with Crippen LogP contribution in [0, 0.1) is 0 Å². The van der Waals surface area contributed by atoms with Gasteiger partial charge in [0.05, 0.1) is 12.3 Å². The molecule has 2 aromatic carbocycles. The van der Waals surface area contributed by atoms with Gasteiger partial charge in [-0.05, 0) is 55.0 Å². The number of carbonyl (C=O) groups excluding carboxylic acids is 3. The van der Waals surface area contributed by atoms with Crippen LogP contribution in [0.5, 0.6) is 5.75 Å². The number of ether oxygens (including phenoxy) is 1. The van der Waals surface area contributed by atoms with Crippen LogP contribution in [-0.2, 0) is 20.7 Å². The number of carbonyl (C=O) groups is 3. The van der Waals surface area contributed by atoms with E-state index in [1.165, 1.54) is 24.1 Å². The number of rotatable bonds is 7.